The van der Waals surface area contributed by atoms with Crippen molar-refractivity contribution >= 4 is 16.9 Å². The lowest BCUT2D eigenvalue weighted by atomic mass is 9.79. The zero-order valence-electron chi connectivity index (χ0n) is 21.7. The standard InChI is InChI=1S/C31H36N2O4/c1-22-5-7-23(8-6-22)4-3-18-33-19-16-24(25(21-33)10-14-31(35)36)9-13-30(34)27-15-17-32-29-12-11-26(37-2)20-28(27)29/h5-8,11-12,15,17,20,24-25,30,34H,9-10,13-14,16,18-19,21H2,1-2H3,(H,35,36)/t24?,25?,30-/m0/s1. The van der Waals surface area contributed by atoms with E-state index in [1.165, 1.54) is 5.56 Å². The number of carboxylic acid groups (broad SMARTS) is 1. The van der Waals surface area contributed by atoms with Crippen molar-refractivity contribution < 1.29 is 19.7 Å². The molecule has 0 bridgehead atoms. The Kier molecular flexibility index (Phi) is 9.16. The fourth-order valence-corrected chi connectivity index (χ4v) is 5.30. The number of hydrogen-bond acceptors (Lipinski definition) is 5. The summed E-state index contributed by atoms with van der Waals surface area (Å²) < 4.78 is 5.37. The summed E-state index contributed by atoms with van der Waals surface area (Å²) in [6.45, 7) is 4.51. The number of piperidine rings is 1. The average Bonchev–Trinajstić information content (AvgIpc) is 2.91. The molecule has 6 heteroatoms. The molecule has 1 saturated heterocycles. The predicted molar refractivity (Wildman–Crippen MR) is 145 cm³/mol. The number of methoxy groups -OCH3 is 1. The van der Waals surface area contributed by atoms with Crippen molar-refractivity contribution in [3.63, 3.8) is 0 Å². The summed E-state index contributed by atoms with van der Waals surface area (Å²) >= 11 is 0. The van der Waals surface area contributed by atoms with Crippen LogP contribution in [-0.4, -0.2) is 52.8 Å². The first-order valence-electron chi connectivity index (χ1n) is 13.0. The van der Waals surface area contributed by atoms with Crippen molar-refractivity contribution in [2.45, 2.75) is 45.1 Å². The highest BCUT2D eigenvalue weighted by Gasteiger charge is 2.29. The molecule has 0 aliphatic carbocycles. The maximum absolute atomic E-state index is 11.3. The number of rotatable bonds is 9. The van der Waals surface area contributed by atoms with Gasteiger partial charge in [0.05, 0.1) is 25.3 Å². The molecule has 3 atom stereocenters. The zero-order chi connectivity index (χ0) is 26.2. The van der Waals surface area contributed by atoms with E-state index in [2.05, 4.69) is 40.8 Å². The van der Waals surface area contributed by atoms with Gasteiger partial charge in [-0.25, -0.2) is 0 Å². The number of carbonyl (C=O) groups is 1. The van der Waals surface area contributed by atoms with Gasteiger partial charge in [-0.2, -0.15) is 0 Å². The van der Waals surface area contributed by atoms with Crippen LogP contribution >= 0.6 is 0 Å². The molecular weight excluding hydrogens is 464 g/mol. The molecular formula is C31H36N2O4. The van der Waals surface area contributed by atoms with Gasteiger partial charge in [-0.3, -0.25) is 14.7 Å². The third-order valence-corrected chi connectivity index (χ3v) is 7.44. The molecule has 2 unspecified atom stereocenters. The van der Waals surface area contributed by atoms with E-state index in [9.17, 15) is 15.0 Å². The number of ether oxygens (including phenoxy) is 1. The van der Waals surface area contributed by atoms with Crippen molar-refractivity contribution in [3.05, 3.63) is 71.4 Å². The van der Waals surface area contributed by atoms with E-state index in [0.29, 0.717) is 25.3 Å². The number of aryl methyl sites for hydroxylation is 1. The number of carboxylic acids is 1. The van der Waals surface area contributed by atoms with Gasteiger partial charge in [-0.15, -0.1) is 0 Å². The molecule has 4 rings (SSSR count). The highest BCUT2D eigenvalue weighted by molar-refractivity contribution is 5.83. The van der Waals surface area contributed by atoms with Crippen LogP contribution in [0.2, 0.25) is 0 Å². The first kappa shape index (κ1) is 26.7. The van der Waals surface area contributed by atoms with Gasteiger partial charge in [0, 0.05) is 30.1 Å². The number of aromatic nitrogens is 1. The lowest BCUT2D eigenvalue weighted by molar-refractivity contribution is -0.137. The summed E-state index contributed by atoms with van der Waals surface area (Å²) in [5, 5.41) is 21.3. The molecule has 0 amide bonds. The second-order valence-electron chi connectivity index (χ2n) is 10.0. The topological polar surface area (TPSA) is 82.9 Å². The van der Waals surface area contributed by atoms with Crippen molar-refractivity contribution in [1.82, 2.24) is 9.88 Å². The SMILES string of the molecule is COc1ccc2nccc([C@@H](O)CCC3CCN(CC#Cc4ccc(C)cc4)CC3CCC(=O)O)c2c1. The molecule has 1 aliphatic rings. The van der Waals surface area contributed by atoms with E-state index >= 15 is 0 Å². The first-order valence-corrected chi connectivity index (χ1v) is 13.0. The van der Waals surface area contributed by atoms with E-state index in [-0.39, 0.29) is 12.3 Å². The zero-order valence-corrected chi connectivity index (χ0v) is 21.7. The molecule has 1 aromatic heterocycles. The number of benzene rings is 2. The fourth-order valence-electron chi connectivity index (χ4n) is 5.30. The Morgan fingerprint density at radius 1 is 1.16 bits per heavy atom. The minimum atomic E-state index is -0.757. The molecule has 194 valence electrons. The molecule has 0 spiro atoms. The van der Waals surface area contributed by atoms with Gasteiger partial charge in [-0.1, -0.05) is 29.5 Å². The Bertz CT molecular complexity index is 1260. The number of fused-ring (bicyclic) bond motifs is 1. The largest absolute Gasteiger partial charge is 0.497 e. The van der Waals surface area contributed by atoms with Crippen LogP contribution in [0.1, 0.15) is 54.9 Å². The summed E-state index contributed by atoms with van der Waals surface area (Å²) in [5.74, 6) is 7.16. The van der Waals surface area contributed by atoms with Gasteiger partial charge >= 0.3 is 5.97 Å². The fraction of sp³-hybridized carbons (Fsp3) is 0.419. The lowest BCUT2D eigenvalue weighted by Crippen LogP contribution is -2.41. The number of aliphatic hydroxyl groups excluding tert-OH is 1. The van der Waals surface area contributed by atoms with Crippen LogP contribution in [0.25, 0.3) is 10.9 Å². The van der Waals surface area contributed by atoms with Gasteiger partial charge in [0.15, 0.2) is 0 Å². The van der Waals surface area contributed by atoms with Gasteiger partial charge < -0.3 is 14.9 Å². The third kappa shape index (κ3) is 7.31. The Morgan fingerprint density at radius 2 is 1.97 bits per heavy atom. The van der Waals surface area contributed by atoms with E-state index in [0.717, 1.165) is 53.7 Å². The second kappa shape index (κ2) is 12.7. The van der Waals surface area contributed by atoms with Gasteiger partial charge in [0.1, 0.15) is 5.75 Å². The molecule has 0 saturated carbocycles. The normalized spacial score (nSPS) is 18.7. The molecule has 2 N–H and O–H groups in total. The maximum Gasteiger partial charge on any atom is 0.303 e. The molecule has 3 aromatic rings. The van der Waals surface area contributed by atoms with Crippen LogP contribution in [0.15, 0.2) is 54.7 Å². The minimum Gasteiger partial charge on any atom is -0.497 e. The van der Waals surface area contributed by atoms with Crippen molar-refractivity contribution in [3.8, 4) is 17.6 Å². The van der Waals surface area contributed by atoms with Crippen molar-refractivity contribution in [2.75, 3.05) is 26.7 Å². The number of pyridine rings is 1. The summed E-state index contributed by atoms with van der Waals surface area (Å²) in [4.78, 5) is 18.1. The number of aliphatic carboxylic acids is 1. The summed E-state index contributed by atoms with van der Waals surface area (Å²) in [6, 6.07) is 15.8. The van der Waals surface area contributed by atoms with Crippen LogP contribution in [0.5, 0.6) is 5.75 Å². The van der Waals surface area contributed by atoms with Crippen molar-refractivity contribution in [2.24, 2.45) is 11.8 Å². The molecule has 1 fully saturated rings. The second-order valence-corrected chi connectivity index (χ2v) is 10.0. The molecule has 37 heavy (non-hydrogen) atoms. The van der Waals surface area contributed by atoms with E-state index in [1.54, 1.807) is 13.3 Å². The number of nitrogens with zero attached hydrogens (tertiary/aromatic N) is 2. The van der Waals surface area contributed by atoms with E-state index in [1.807, 2.05) is 36.4 Å². The van der Waals surface area contributed by atoms with Crippen LogP contribution in [-0.2, 0) is 4.79 Å². The molecule has 2 heterocycles. The van der Waals surface area contributed by atoms with Gasteiger partial charge in [0.25, 0.3) is 0 Å². The Balaban J connectivity index is 1.39. The molecule has 2 aromatic carbocycles. The first-order chi connectivity index (χ1) is 17.9. The average molecular weight is 501 g/mol. The summed E-state index contributed by atoms with van der Waals surface area (Å²) in [5.41, 5.74) is 3.92. The maximum atomic E-state index is 11.3. The molecule has 0 radical (unpaired) electrons. The van der Waals surface area contributed by atoms with E-state index in [4.69, 9.17) is 4.74 Å². The lowest BCUT2D eigenvalue weighted by Gasteiger charge is -2.38. The number of hydrogen-bond donors (Lipinski definition) is 2. The predicted octanol–water partition coefficient (Wildman–Crippen LogP) is 5.22. The number of likely N-dealkylation sites (tertiary alicyclic amines) is 1. The summed E-state index contributed by atoms with van der Waals surface area (Å²) in [7, 11) is 1.63. The van der Waals surface area contributed by atoms with Gasteiger partial charge in [0.2, 0.25) is 0 Å². The number of aliphatic hydroxyl groups is 1. The quantitative estimate of drug-likeness (QED) is 0.392. The molecule has 6 nitrogen and oxygen atoms in total. The highest BCUT2D eigenvalue weighted by Crippen LogP contribution is 2.35. The van der Waals surface area contributed by atoms with Crippen LogP contribution < -0.4 is 4.74 Å². The monoisotopic (exact) mass is 500 g/mol. The van der Waals surface area contributed by atoms with E-state index < -0.39 is 12.1 Å². The smallest absolute Gasteiger partial charge is 0.303 e. The highest BCUT2D eigenvalue weighted by atomic mass is 16.5. The Labute approximate surface area is 219 Å². The molecule has 1 aliphatic heterocycles. The van der Waals surface area contributed by atoms with Crippen LogP contribution in [0, 0.1) is 30.6 Å². The minimum absolute atomic E-state index is 0.168. The van der Waals surface area contributed by atoms with Crippen molar-refractivity contribution in [1.29, 1.82) is 0 Å². The Hall–Kier alpha value is -3.40. The summed E-state index contributed by atoms with van der Waals surface area (Å²) in [6.07, 6.45) is 4.39. The van der Waals surface area contributed by atoms with Crippen LogP contribution in [0.3, 0.4) is 0 Å². The van der Waals surface area contributed by atoms with Gasteiger partial charge in [-0.05, 0) is 92.9 Å². The van der Waals surface area contributed by atoms with Crippen LogP contribution in [0.4, 0.5) is 0 Å². The Morgan fingerprint density at radius 3 is 2.73 bits per heavy atom. The third-order valence-electron chi connectivity index (χ3n) is 7.44.